The van der Waals surface area contributed by atoms with E-state index >= 15 is 0 Å². The summed E-state index contributed by atoms with van der Waals surface area (Å²) >= 11 is 5.18. The zero-order valence-electron chi connectivity index (χ0n) is 13.0. The van der Waals surface area contributed by atoms with E-state index in [1.54, 1.807) is 13.8 Å². The molecule has 3 unspecified atom stereocenters. The van der Waals surface area contributed by atoms with Gasteiger partial charge >= 0.3 is 12.1 Å². The summed E-state index contributed by atoms with van der Waals surface area (Å²) in [7, 11) is 0. The van der Waals surface area contributed by atoms with E-state index in [0.717, 1.165) is 12.2 Å². The Morgan fingerprint density at radius 3 is 2.50 bits per heavy atom. The molecule has 2 nitrogen and oxygen atoms in total. The van der Waals surface area contributed by atoms with Crippen molar-refractivity contribution < 1.29 is 31.5 Å². The monoisotopic (exact) mass is 370 g/mol. The molecule has 134 valence electrons. The van der Waals surface area contributed by atoms with Crippen molar-refractivity contribution in [3.05, 3.63) is 23.0 Å². The molecule has 0 radical (unpaired) electrons. The second-order valence-electron chi connectivity index (χ2n) is 5.89. The smallest absolute Gasteiger partial charge is 0.426 e. The van der Waals surface area contributed by atoms with E-state index in [4.69, 9.17) is 22.8 Å². The van der Waals surface area contributed by atoms with E-state index in [-0.39, 0.29) is 6.42 Å². The number of esters is 1. The van der Waals surface area contributed by atoms with Gasteiger partial charge in [-0.25, -0.2) is 4.39 Å². The van der Waals surface area contributed by atoms with Gasteiger partial charge in [-0.15, -0.1) is 6.42 Å². The number of carbonyl (C=O) groups is 1. The second-order valence-corrected chi connectivity index (χ2v) is 6.29. The van der Waals surface area contributed by atoms with Gasteiger partial charge in [-0.3, -0.25) is 9.18 Å². The quantitative estimate of drug-likeness (QED) is 0.385. The van der Waals surface area contributed by atoms with Crippen molar-refractivity contribution in [2.75, 3.05) is 6.67 Å². The van der Waals surface area contributed by atoms with Crippen LogP contribution in [0.25, 0.3) is 0 Å². The van der Waals surface area contributed by atoms with Crippen LogP contribution in [0, 0.1) is 29.6 Å². The van der Waals surface area contributed by atoms with Crippen LogP contribution in [0.3, 0.4) is 0 Å². The van der Waals surface area contributed by atoms with Crippen molar-refractivity contribution in [1.29, 1.82) is 0 Å². The topological polar surface area (TPSA) is 26.3 Å². The third kappa shape index (κ3) is 4.73. The lowest BCUT2D eigenvalue weighted by atomic mass is 10.1. The maximum atomic E-state index is 13.6. The Balaban J connectivity index is 2.83. The highest BCUT2D eigenvalue weighted by molar-refractivity contribution is 6.30. The maximum absolute atomic E-state index is 13.6. The minimum Gasteiger partial charge on any atom is -0.441 e. The molecule has 1 rings (SSSR count). The van der Waals surface area contributed by atoms with Crippen LogP contribution >= 0.6 is 11.6 Å². The van der Waals surface area contributed by atoms with Gasteiger partial charge in [-0.1, -0.05) is 37.4 Å². The molecule has 0 heterocycles. The molecule has 0 spiro atoms. The van der Waals surface area contributed by atoms with Gasteiger partial charge in [0.2, 0.25) is 6.10 Å². The molecule has 24 heavy (non-hydrogen) atoms. The lowest BCUT2D eigenvalue weighted by Gasteiger charge is -2.11. The van der Waals surface area contributed by atoms with E-state index in [9.17, 15) is 26.7 Å². The predicted molar refractivity (Wildman–Crippen MR) is 79.2 cm³/mol. The third-order valence-corrected chi connectivity index (χ3v) is 4.19. The molecule has 0 bridgehead atoms. The zero-order chi connectivity index (χ0) is 18.7. The average Bonchev–Trinajstić information content (AvgIpc) is 3.01. The highest BCUT2D eigenvalue weighted by atomic mass is 35.5. The van der Waals surface area contributed by atoms with Gasteiger partial charge in [-0.05, 0) is 23.8 Å². The van der Waals surface area contributed by atoms with Gasteiger partial charge in [0.05, 0.1) is 12.6 Å². The number of rotatable bonds is 6. The normalized spacial score (nSPS) is 25.0. The molecule has 1 saturated carbocycles. The van der Waals surface area contributed by atoms with Gasteiger partial charge in [0, 0.05) is 0 Å². The number of allylic oxidation sites excluding steroid dienone is 3. The first-order valence-electron chi connectivity index (χ1n) is 6.99. The third-order valence-electron chi connectivity index (χ3n) is 3.85. The lowest BCUT2D eigenvalue weighted by Crippen LogP contribution is -2.20. The van der Waals surface area contributed by atoms with Gasteiger partial charge < -0.3 is 4.74 Å². The highest BCUT2D eigenvalue weighted by Gasteiger charge is 2.62. The standard InChI is InChI=1S/C16H16ClF5O2/c1-4-11(10(19)6-5-7-18)24-14(23)13-9(15(13,2)3)8-12(17)16(20,21)22/h1,6,8-9,11,13H,5,7H2,2-3H3. The Bertz CT molecular complexity index is 586. The van der Waals surface area contributed by atoms with Gasteiger partial charge in [-0.2, -0.15) is 13.2 Å². The molecule has 8 heteroatoms. The maximum Gasteiger partial charge on any atom is 0.426 e. The Hall–Kier alpha value is -1.55. The molecular formula is C16H16ClF5O2. The van der Waals surface area contributed by atoms with Crippen molar-refractivity contribution >= 4 is 17.6 Å². The van der Waals surface area contributed by atoms with Crippen LogP contribution in [0.2, 0.25) is 0 Å². The Morgan fingerprint density at radius 1 is 1.46 bits per heavy atom. The summed E-state index contributed by atoms with van der Waals surface area (Å²) in [6.45, 7) is 2.30. The number of hydrogen-bond acceptors (Lipinski definition) is 2. The molecule has 1 aliphatic rings. The Labute approximate surface area is 141 Å². The molecule has 0 saturated heterocycles. The molecule has 0 aromatic heterocycles. The molecule has 3 atom stereocenters. The first-order valence-corrected chi connectivity index (χ1v) is 7.37. The summed E-state index contributed by atoms with van der Waals surface area (Å²) in [4.78, 5) is 12.1. The highest BCUT2D eigenvalue weighted by Crippen LogP contribution is 2.60. The van der Waals surface area contributed by atoms with Crippen LogP contribution in [0.15, 0.2) is 23.0 Å². The van der Waals surface area contributed by atoms with E-state index in [1.807, 2.05) is 5.92 Å². The lowest BCUT2D eigenvalue weighted by molar-refractivity contribution is -0.148. The second kappa shape index (κ2) is 7.56. The van der Waals surface area contributed by atoms with Crippen molar-refractivity contribution in [3.63, 3.8) is 0 Å². The largest absolute Gasteiger partial charge is 0.441 e. The van der Waals surface area contributed by atoms with Crippen molar-refractivity contribution in [3.8, 4) is 12.3 Å². The summed E-state index contributed by atoms with van der Waals surface area (Å²) in [6.07, 6.45) is 0.0892. The van der Waals surface area contributed by atoms with Crippen LogP contribution in [-0.2, 0) is 9.53 Å². The number of alkyl halides is 4. The van der Waals surface area contributed by atoms with E-state index < -0.39 is 53.0 Å². The molecule has 0 aromatic carbocycles. The minimum atomic E-state index is -4.71. The number of hydrogen-bond donors (Lipinski definition) is 0. The van der Waals surface area contributed by atoms with E-state index in [0.29, 0.717) is 0 Å². The molecule has 0 N–H and O–H groups in total. The molecule has 1 aliphatic carbocycles. The minimum absolute atomic E-state index is 0.233. The van der Waals surface area contributed by atoms with Crippen LogP contribution in [0.4, 0.5) is 22.0 Å². The van der Waals surface area contributed by atoms with Crippen molar-refractivity contribution in [2.24, 2.45) is 17.3 Å². The van der Waals surface area contributed by atoms with Crippen LogP contribution < -0.4 is 0 Å². The van der Waals surface area contributed by atoms with Crippen molar-refractivity contribution in [2.45, 2.75) is 32.5 Å². The van der Waals surface area contributed by atoms with Gasteiger partial charge in [0.1, 0.15) is 10.9 Å². The summed E-state index contributed by atoms with van der Waals surface area (Å²) in [6, 6.07) is 0. The molecular weight excluding hydrogens is 355 g/mol. The molecule has 0 amide bonds. The summed E-state index contributed by atoms with van der Waals surface area (Å²) in [5, 5.41) is -1.33. The first-order chi connectivity index (χ1) is 11.0. The fourth-order valence-electron chi connectivity index (χ4n) is 2.35. The number of halogens is 6. The van der Waals surface area contributed by atoms with E-state index in [2.05, 4.69) is 0 Å². The van der Waals surface area contributed by atoms with Crippen molar-refractivity contribution in [1.82, 2.24) is 0 Å². The number of terminal acetylenes is 1. The van der Waals surface area contributed by atoms with E-state index in [1.165, 1.54) is 0 Å². The molecule has 0 aromatic rings. The van der Waals surface area contributed by atoms with Crippen LogP contribution in [0.1, 0.15) is 20.3 Å². The molecule has 0 aliphatic heterocycles. The SMILES string of the molecule is C#CC(OC(=O)C1C(C=C(Cl)C(F)(F)F)C1(C)C)C(F)=CCCF. The number of ether oxygens (including phenoxy) is 1. The predicted octanol–water partition coefficient (Wildman–Crippen LogP) is 4.70. The Kier molecular flexibility index (Phi) is 6.45. The zero-order valence-corrected chi connectivity index (χ0v) is 13.7. The Morgan fingerprint density at radius 2 is 2.04 bits per heavy atom. The average molecular weight is 371 g/mol. The first kappa shape index (κ1) is 20.5. The van der Waals surface area contributed by atoms with Crippen LogP contribution in [-0.4, -0.2) is 24.9 Å². The fraction of sp³-hybridized carbons (Fsp3) is 0.562. The molecule has 1 fully saturated rings. The van der Waals surface area contributed by atoms with Gasteiger partial charge in [0.15, 0.2) is 0 Å². The van der Waals surface area contributed by atoms with Crippen LogP contribution in [0.5, 0.6) is 0 Å². The van der Waals surface area contributed by atoms with Gasteiger partial charge in [0.25, 0.3) is 0 Å². The summed E-state index contributed by atoms with van der Waals surface area (Å²) < 4.78 is 67.9. The summed E-state index contributed by atoms with van der Waals surface area (Å²) in [5.41, 5.74) is -0.833. The fourth-order valence-corrected chi connectivity index (χ4v) is 2.49. The number of carbonyl (C=O) groups excluding carboxylic acids is 1. The summed E-state index contributed by atoms with van der Waals surface area (Å²) in [5.74, 6) is -1.77.